The Morgan fingerprint density at radius 1 is 1.12 bits per heavy atom. The van der Waals surface area contributed by atoms with Gasteiger partial charge < -0.3 is 9.88 Å². The molecule has 5 nitrogen and oxygen atoms in total. The van der Waals surface area contributed by atoms with Gasteiger partial charge >= 0.3 is 0 Å². The Morgan fingerprint density at radius 2 is 1.88 bits per heavy atom. The van der Waals surface area contributed by atoms with E-state index in [1.165, 1.54) is 55.4 Å². The van der Waals surface area contributed by atoms with Crippen LogP contribution in [0.5, 0.6) is 0 Å². The molecule has 2 aliphatic heterocycles. The number of hydrogen-bond donors (Lipinski definition) is 1. The standard InChI is InChI=1S/C20H26N4OS/c1-26-20-21-18-9-12-23(14-17(18)19(25)22-20)13-15-5-7-16(8-6-15)24-10-3-2-4-11-24/h5-8H,2-4,9-14H2,1H3,(H,21,22,25). The summed E-state index contributed by atoms with van der Waals surface area (Å²) in [6.07, 6.45) is 6.75. The maximum Gasteiger partial charge on any atom is 0.256 e. The van der Waals surface area contributed by atoms with Crippen LogP contribution < -0.4 is 10.5 Å². The molecule has 0 aliphatic carbocycles. The van der Waals surface area contributed by atoms with Gasteiger partial charge in [0.05, 0.1) is 11.3 Å². The fourth-order valence-electron chi connectivity index (χ4n) is 3.91. The van der Waals surface area contributed by atoms with Crippen molar-refractivity contribution in [3.8, 4) is 0 Å². The number of hydrogen-bond acceptors (Lipinski definition) is 5. The molecule has 1 aromatic heterocycles. The number of benzene rings is 1. The Bertz CT molecular complexity index is 812. The van der Waals surface area contributed by atoms with Gasteiger partial charge in [-0.1, -0.05) is 23.9 Å². The lowest BCUT2D eigenvalue weighted by molar-refractivity contribution is 0.241. The van der Waals surface area contributed by atoms with E-state index in [9.17, 15) is 4.79 Å². The average Bonchev–Trinajstić information content (AvgIpc) is 2.69. The molecule has 2 aromatic rings. The summed E-state index contributed by atoms with van der Waals surface area (Å²) in [7, 11) is 0. The topological polar surface area (TPSA) is 52.2 Å². The van der Waals surface area contributed by atoms with Gasteiger partial charge in [0.25, 0.3) is 5.56 Å². The largest absolute Gasteiger partial charge is 0.372 e. The van der Waals surface area contributed by atoms with Crippen molar-refractivity contribution >= 4 is 17.4 Å². The Kier molecular flexibility index (Phi) is 5.31. The Morgan fingerprint density at radius 3 is 2.62 bits per heavy atom. The molecule has 0 amide bonds. The first-order valence-electron chi connectivity index (χ1n) is 9.45. The zero-order valence-electron chi connectivity index (χ0n) is 15.3. The van der Waals surface area contributed by atoms with Crippen LogP contribution in [-0.2, 0) is 19.5 Å². The van der Waals surface area contributed by atoms with E-state index in [0.717, 1.165) is 35.9 Å². The molecule has 0 bridgehead atoms. The van der Waals surface area contributed by atoms with Gasteiger partial charge in [0.15, 0.2) is 5.16 Å². The highest BCUT2D eigenvalue weighted by atomic mass is 32.2. The number of H-pyrrole nitrogens is 1. The highest BCUT2D eigenvalue weighted by Gasteiger charge is 2.21. The van der Waals surface area contributed by atoms with E-state index in [0.29, 0.717) is 6.54 Å². The molecule has 2 aliphatic rings. The molecule has 3 heterocycles. The molecular formula is C20H26N4OS. The molecule has 0 atom stereocenters. The molecular weight excluding hydrogens is 344 g/mol. The van der Waals surface area contributed by atoms with Gasteiger partial charge in [-0.05, 0) is 43.2 Å². The number of anilines is 1. The summed E-state index contributed by atoms with van der Waals surface area (Å²) >= 11 is 1.49. The molecule has 1 fully saturated rings. The van der Waals surface area contributed by atoms with Gasteiger partial charge in [-0.3, -0.25) is 9.69 Å². The summed E-state index contributed by atoms with van der Waals surface area (Å²) in [5.41, 5.74) is 4.46. The number of nitrogens with one attached hydrogen (secondary N) is 1. The smallest absolute Gasteiger partial charge is 0.256 e. The van der Waals surface area contributed by atoms with Crippen molar-refractivity contribution in [3.05, 3.63) is 51.4 Å². The molecule has 138 valence electrons. The maximum atomic E-state index is 12.3. The second kappa shape index (κ2) is 7.84. The first-order valence-corrected chi connectivity index (χ1v) is 10.7. The third-order valence-corrected chi connectivity index (χ3v) is 5.96. The summed E-state index contributed by atoms with van der Waals surface area (Å²) in [5, 5.41) is 0.718. The van der Waals surface area contributed by atoms with E-state index >= 15 is 0 Å². The Labute approximate surface area is 158 Å². The van der Waals surface area contributed by atoms with Crippen LogP contribution in [0.2, 0.25) is 0 Å². The summed E-state index contributed by atoms with van der Waals surface area (Å²) in [4.78, 5) is 24.6. The predicted molar refractivity (Wildman–Crippen MR) is 107 cm³/mol. The van der Waals surface area contributed by atoms with E-state index in [1.54, 1.807) is 0 Å². The lowest BCUT2D eigenvalue weighted by Crippen LogP contribution is -2.35. The zero-order valence-corrected chi connectivity index (χ0v) is 16.1. The molecule has 26 heavy (non-hydrogen) atoms. The molecule has 0 spiro atoms. The summed E-state index contributed by atoms with van der Waals surface area (Å²) in [5.74, 6) is 0. The van der Waals surface area contributed by atoms with Crippen molar-refractivity contribution in [1.29, 1.82) is 0 Å². The average molecular weight is 371 g/mol. The van der Waals surface area contributed by atoms with E-state index in [-0.39, 0.29) is 5.56 Å². The monoisotopic (exact) mass is 370 g/mol. The molecule has 0 radical (unpaired) electrons. The van der Waals surface area contributed by atoms with Gasteiger partial charge in [0.2, 0.25) is 0 Å². The fourth-order valence-corrected chi connectivity index (χ4v) is 4.31. The van der Waals surface area contributed by atoms with Crippen LogP contribution in [0.4, 0.5) is 5.69 Å². The molecule has 1 N–H and O–H groups in total. The molecule has 1 saturated heterocycles. The molecule has 0 unspecified atom stereocenters. The van der Waals surface area contributed by atoms with Crippen LogP contribution in [0.1, 0.15) is 36.1 Å². The third kappa shape index (κ3) is 3.81. The number of aromatic nitrogens is 2. The number of rotatable bonds is 4. The van der Waals surface area contributed by atoms with Crippen LogP contribution in [0.15, 0.2) is 34.2 Å². The van der Waals surface area contributed by atoms with Crippen molar-refractivity contribution in [2.45, 2.75) is 43.9 Å². The summed E-state index contributed by atoms with van der Waals surface area (Å²) < 4.78 is 0. The molecule has 0 saturated carbocycles. The minimum Gasteiger partial charge on any atom is -0.372 e. The van der Waals surface area contributed by atoms with Crippen molar-refractivity contribution < 1.29 is 0 Å². The van der Waals surface area contributed by atoms with Crippen LogP contribution in [-0.4, -0.2) is 40.8 Å². The first-order chi connectivity index (χ1) is 12.7. The normalized spacial score (nSPS) is 18.0. The number of piperidine rings is 1. The number of thioether (sulfide) groups is 1. The minimum absolute atomic E-state index is 0.0181. The maximum absolute atomic E-state index is 12.3. The fraction of sp³-hybridized carbons (Fsp3) is 0.500. The predicted octanol–water partition coefficient (Wildman–Crippen LogP) is 3.04. The summed E-state index contributed by atoms with van der Waals surface area (Å²) in [6, 6.07) is 8.97. The van der Waals surface area contributed by atoms with Gasteiger partial charge in [-0.15, -0.1) is 0 Å². The lowest BCUT2D eigenvalue weighted by Gasteiger charge is -2.30. The SMILES string of the molecule is CSc1nc2c(c(=O)[nH]1)CN(Cc1ccc(N3CCCCC3)cc1)CC2. The van der Waals surface area contributed by atoms with Crippen molar-refractivity contribution in [3.63, 3.8) is 0 Å². The van der Waals surface area contributed by atoms with Crippen molar-refractivity contribution in [2.24, 2.45) is 0 Å². The molecule has 1 aromatic carbocycles. The molecule has 4 rings (SSSR count). The van der Waals surface area contributed by atoms with Gasteiger partial charge in [0.1, 0.15) is 0 Å². The second-order valence-corrected chi connectivity index (χ2v) is 7.97. The van der Waals surface area contributed by atoms with Crippen LogP contribution in [0, 0.1) is 0 Å². The zero-order chi connectivity index (χ0) is 17.9. The quantitative estimate of drug-likeness (QED) is 0.662. The number of aromatic amines is 1. The Balaban J connectivity index is 1.43. The van der Waals surface area contributed by atoms with Gasteiger partial charge in [-0.2, -0.15) is 0 Å². The van der Waals surface area contributed by atoms with E-state index < -0.39 is 0 Å². The van der Waals surface area contributed by atoms with Crippen LogP contribution >= 0.6 is 11.8 Å². The molecule has 6 heteroatoms. The van der Waals surface area contributed by atoms with Crippen LogP contribution in [0.25, 0.3) is 0 Å². The summed E-state index contributed by atoms with van der Waals surface area (Å²) in [6.45, 7) is 4.86. The number of fused-ring (bicyclic) bond motifs is 1. The minimum atomic E-state index is 0.0181. The van der Waals surface area contributed by atoms with E-state index in [1.807, 2.05) is 6.26 Å². The Hall–Kier alpha value is -1.79. The highest BCUT2D eigenvalue weighted by Crippen LogP contribution is 2.22. The third-order valence-electron chi connectivity index (χ3n) is 5.38. The highest BCUT2D eigenvalue weighted by molar-refractivity contribution is 7.98. The van der Waals surface area contributed by atoms with Gasteiger partial charge in [-0.25, -0.2) is 4.98 Å². The van der Waals surface area contributed by atoms with Crippen molar-refractivity contribution in [2.75, 3.05) is 30.8 Å². The van der Waals surface area contributed by atoms with Crippen molar-refractivity contribution in [1.82, 2.24) is 14.9 Å². The second-order valence-electron chi connectivity index (χ2n) is 7.18. The lowest BCUT2D eigenvalue weighted by atomic mass is 10.1. The van der Waals surface area contributed by atoms with Crippen LogP contribution in [0.3, 0.4) is 0 Å². The first kappa shape index (κ1) is 17.6. The van der Waals surface area contributed by atoms with E-state index in [4.69, 9.17) is 0 Å². The van der Waals surface area contributed by atoms with Gasteiger partial charge in [0, 0.05) is 44.8 Å². The number of nitrogens with zero attached hydrogens (tertiary/aromatic N) is 3. The van der Waals surface area contributed by atoms with E-state index in [2.05, 4.69) is 44.0 Å².